The van der Waals surface area contributed by atoms with Gasteiger partial charge in [0.15, 0.2) is 0 Å². The molecule has 4 atom stereocenters. The molecule has 36 heavy (non-hydrogen) atoms. The fraction of sp³-hybridized carbons (Fsp3) is 0.345. The van der Waals surface area contributed by atoms with Gasteiger partial charge in [0.2, 0.25) is 5.91 Å². The van der Waals surface area contributed by atoms with Crippen LogP contribution in [0.15, 0.2) is 67.3 Å². The number of methoxy groups -OCH3 is 1. The Labute approximate surface area is 210 Å². The zero-order chi connectivity index (χ0) is 24.6. The van der Waals surface area contributed by atoms with E-state index in [0.717, 1.165) is 47.6 Å². The fourth-order valence-electron chi connectivity index (χ4n) is 5.61. The van der Waals surface area contributed by atoms with E-state index in [-0.39, 0.29) is 18.6 Å². The number of fused-ring (bicyclic) bond motifs is 1. The molecule has 1 saturated carbocycles. The first-order valence-corrected chi connectivity index (χ1v) is 12.6. The van der Waals surface area contributed by atoms with Gasteiger partial charge in [0, 0.05) is 13.2 Å². The topological polar surface area (TPSA) is 86.9 Å². The normalized spacial score (nSPS) is 21.4. The van der Waals surface area contributed by atoms with Crippen LogP contribution >= 0.6 is 0 Å². The highest BCUT2D eigenvalue weighted by atomic mass is 16.5. The van der Waals surface area contributed by atoms with Crippen molar-refractivity contribution in [3.05, 3.63) is 84.2 Å². The van der Waals surface area contributed by atoms with E-state index in [1.54, 1.807) is 13.4 Å². The first kappa shape index (κ1) is 22.7. The molecule has 0 bridgehead atoms. The van der Waals surface area contributed by atoms with E-state index in [1.807, 2.05) is 17.3 Å². The summed E-state index contributed by atoms with van der Waals surface area (Å²) in [5, 5.41) is 0. The highest BCUT2D eigenvalue weighted by Gasteiger charge is 2.54. The molecule has 184 valence electrons. The van der Waals surface area contributed by atoms with Crippen molar-refractivity contribution in [3.8, 4) is 22.5 Å². The van der Waals surface area contributed by atoms with Crippen molar-refractivity contribution < 1.29 is 9.53 Å². The van der Waals surface area contributed by atoms with Gasteiger partial charge in [0.05, 0.1) is 36.2 Å². The third-order valence-electron chi connectivity index (χ3n) is 7.67. The van der Waals surface area contributed by atoms with Crippen molar-refractivity contribution in [1.82, 2.24) is 24.8 Å². The number of likely N-dealkylation sites (tertiary alicyclic amines) is 1. The van der Waals surface area contributed by atoms with E-state index in [9.17, 15) is 4.79 Å². The molecular formula is C29H31N5O2. The molecule has 1 aliphatic carbocycles. The lowest BCUT2D eigenvalue weighted by atomic mass is 9.92. The number of piperidine rings is 1. The third-order valence-corrected chi connectivity index (χ3v) is 7.67. The zero-order valence-corrected chi connectivity index (χ0v) is 20.6. The van der Waals surface area contributed by atoms with Gasteiger partial charge in [0.1, 0.15) is 12.4 Å². The maximum Gasteiger partial charge on any atom is 0.249 e. The lowest BCUT2D eigenvalue weighted by Gasteiger charge is -2.26. The number of aromatic nitrogens is 4. The summed E-state index contributed by atoms with van der Waals surface area (Å²) in [5.74, 6) is 1.94. The second kappa shape index (κ2) is 9.39. The van der Waals surface area contributed by atoms with E-state index < -0.39 is 0 Å². The van der Waals surface area contributed by atoms with Gasteiger partial charge in [-0.2, -0.15) is 0 Å². The van der Waals surface area contributed by atoms with Gasteiger partial charge >= 0.3 is 0 Å². The molecule has 0 radical (unpaired) electrons. The summed E-state index contributed by atoms with van der Waals surface area (Å²) in [4.78, 5) is 30.0. The maximum atomic E-state index is 12.6. The van der Waals surface area contributed by atoms with E-state index in [2.05, 4.69) is 75.4 Å². The van der Waals surface area contributed by atoms with Crippen LogP contribution in [0, 0.1) is 5.92 Å². The predicted octanol–water partition coefficient (Wildman–Crippen LogP) is 5.12. The molecule has 2 aromatic heterocycles. The number of amides is 1. The number of carbonyl (C=O) groups is 1. The number of hydrogen-bond donors (Lipinski definition) is 2. The lowest BCUT2D eigenvalue weighted by Crippen LogP contribution is -2.36. The van der Waals surface area contributed by atoms with Crippen LogP contribution in [0.5, 0.6) is 0 Å². The van der Waals surface area contributed by atoms with E-state index in [4.69, 9.17) is 4.74 Å². The average molecular weight is 482 g/mol. The number of nitrogens with zero attached hydrogens (tertiary/aromatic N) is 3. The summed E-state index contributed by atoms with van der Waals surface area (Å²) in [6, 6.07) is 17.8. The molecule has 1 aliphatic heterocycles. The van der Waals surface area contributed by atoms with Crippen molar-refractivity contribution in [2.45, 2.75) is 44.2 Å². The lowest BCUT2D eigenvalue weighted by molar-refractivity contribution is -0.137. The molecule has 6 rings (SSSR count). The van der Waals surface area contributed by atoms with E-state index >= 15 is 0 Å². The van der Waals surface area contributed by atoms with Gasteiger partial charge in [-0.1, -0.05) is 55.5 Å². The number of ether oxygens (including phenoxy) is 1. The molecule has 7 heteroatoms. The Balaban J connectivity index is 1.11. The number of aromatic amines is 2. The van der Waals surface area contributed by atoms with Crippen LogP contribution in [0.2, 0.25) is 0 Å². The Bertz CT molecular complexity index is 1330. The van der Waals surface area contributed by atoms with Gasteiger partial charge in [-0.15, -0.1) is 0 Å². The number of hydrogen-bond acceptors (Lipinski definition) is 4. The number of nitrogens with one attached hydrogen (secondary N) is 2. The Morgan fingerprint density at radius 1 is 1.06 bits per heavy atom. The van der Waals surface area contributed by atoms with Crippen LogP contribution in [-0.2, 0) is 16.0 Å². The molecule has 1 saturated heterocycles. The Morgan fingerprint density at radius 2 is 1.81 bits per heavy atom. The Kier molecular flexibility index (Phi) is 5.93. The van der Waals surface area contributed by atoms with E-state index in [0.29, 0.717) is 17.9 Å². The van der Waals surface area contributed by atoms with Crippen LogP contribution in [0.25, 0.3) is 22.5 Å². The quantitative estimate of drug-likeness (QED) is 0.366. The summed E-state index contributed by atoms with van der Waals surface area (Å²) in [6.45, 7) is 2.39. The summed E-state index contributed by atoms with van der Waals surface area (Å²) in [5.41, 5.74) is 6.89. The molecule has 3 heterocycles. The molecule has 2 fully saturated rings. The van der Waals surface area contributed by atoms with Crippen molar-refractivity contribution in [2.24, 2.45) is 5.92 Å². The molecule has 4 aromatic rings. The monoisotopic (exact) mass is 481 g/mol. The van der Waals surface area contributed by atoms with Gasteiger partial charge in [0.25, 0.3) is 0 Å². The van der Waals surface area contributed by atoms with Crippen LogP contribution in [-0.4, -0.2) is 50.5 Å². The summed E-state index contributed by atoms with van der Waals surface area (Å²) in [7, 11) is 1.57. The largest absolute Gasteiger partial charge is 0.375 e. The molecule has 7 nitrogen and oxygen atoms in total. The summed E-state index contributed by atoms with van der Waals surface area (Å²) >= 11 is 0. The molecule has 0 spiro atoms. The second-order valence-corrected chi connectivity index (χ2v) is 10.1. The first-order valence-electron chi connectivity index (χ1n) is 12.6. The number of benzene rings is 2. The average Bonchev–Trinajstić information content (AvgIpc) is 3.33. The standard InChI is InChI=1S/C29H31N5O2/c1-18(20-7-9-21(10-8-20)24-14-30-17-32-24)11-19-3-5-22(6-4-19)25-15-31-29(33-25)27-13-23-12-26(23)34(27)28(35)16-36-2/h3-10,14-15,17-18,23,26-27H,11-13,16H2,1-2H3,(H,30,32)(H,31,33)/t18-,23?,26?,27-/m0/s1. The van der Waals surface area contributed by atoms with Crippen LogP contribution in [0.4, 0.5) is 0 Å². The maximum absolute atomic E-state index is 12.6. The molecule has 2 aliphatic rings. The van der Waals surface area contributed by atoms with Crippen LogP contribution < -0.4 is 0 Å². The van der Waals surface area contributed by atoms with Crippen molar-refractivity contribution >= 4 is 5.91 Å². The van der Waals surface area contributed by atoms with Crippen molar-refractivity contribution in [1.29, 1.82) is 0 Å². The van der Waals surface area contributed by atoms with Crippen LogP contribution in [0.3, 0.4) is 0 Å². The summed E-state index contributed by atoms with van der Waals surface area (Å²) in [6.07, 6.45) is 8.49. The smallest absolute Gasteiger partial charge is 0.249 e. The number of H-pyrrole nitrogens is 2. The molecular weight excluding hydrogens is 450 g/mol. The van der Waals surface area contributed by atoms with Crippen molar-refractivity contribution in [3.63, 3.8) is 0 Å². The van der Waals surface area contributed by atoms with Gasteiger partial charge in [-0.25, -0.2) is 9.97 Å². The third kappa shape index (κ3) is 4.35. The molecule has 2 aromatic carbocycles. The minimum atomic E-state index is 0.0185. The number of imidazole rings is 2. The SMILES string of the molecule is COCC(=O)N1C2CC2C[C@H]1c1ncc(-c2ccc(C[C@H](C)c3ccc(-c4cnc[nH]4)cc3)cc2)[nH]1. The van der Waals surface area contributed by atoms with Gasteiger partial charge < -0.3 is 19.6 Å². The molecule has 2 N–H and O–H groups in total. The van der Waals surface area contributed by atoms with Crippen LogP contribution in [0.1, 0.15) is 48.7 Å². The Morgan fingerprint density at radius 3 is 2.53 bits per heavy atom. The molecule has 2 unspecified atom stereocenters. The second-order valence-electron chi connectivity index (χ2n) is 10.1. The first-order chi connectivity index (χ1) is 17.6. The van der Waals surface area contributed by atoms with E-state index in [1.165, 1.54) is 11.1 Å². The Hall–Kier alpha value is -3.71. The highest BCUT2D eigenvalue weighted by molar-refractivity contribution is 5.79. The molecule has 1 amide bonds. The number of rotatable bonds is 8. The fourth-order valence-corrected chi connectivity index (χ4v) is 5.61. The minimum Gasteiger partial charge on any atom is -0.375 e. The summed E-state index contributed by atoms with van der Waals surface area (Å²) < 4.78 is 5.10. The van der Waals surface area contributed by atoms with Gasteiger partial charge in [-0.05, 0) is 53.4 Å². The van der Waals surface area contributed by atoms with Gasteiger partial charge in [-0.3, -0.25) is 4.79 Å². The number of carbonyl (C=O) groups excluding carboxylic acids is 1. The highest BCUT2D eigenvalue weighted by Crippen LogP contribution is 2.53. The zero-order valence-electron chi connectivity index (χ0n) is 20.6. The minimum absolute atomic E-state index is 0.0185. The van der Waals surface area contributed by atoms with Crippen molar-refractivity contribution in [2.75, 3.05) is 13.7 Å². The predicted molar refractivity (Wildman–Crippen MR) is 138 cm³/mol.